The molecule has 3 rings (SSSR count). The van der Waals surface area contributed by atoms with Gasteiger partial charge in [0.25, 0.3) is 0 Å². The van der Waals surface area contributed by atoms with Gasteiger partial charge in [-0.25, -0.2) is 12.7 Å². The lowest BCUT2D eigenvalue weighted by molar-refractivity contribution is -0.121. The van der Waals surface area contributed by atoms with Gasteiger partial charge in [-0.2, -0.15) is 0 Å². The number of nitrogens with one attached hydrogen (secondary N) is 2. The Morgan fingerprint density at radius 1 is 1.42 bits per heavy atom. The molecule has 1 atom stereocenters. The largest absolute Gasteiger partial charge is 0.361 e. The van der Waals surface area contributed by atoms with Gasteiger partial charge >= 0.3 is 0 Å². The van der Waals surface area contributed by atoms with Crippen molar-refractivity contribution in [3.8, 4) is 0 Å². The fourth-order valence-electron chi connectivity index (χ4n) is 3.34. The SMILES string of the molecule is Cc1cccc2[nH]cc(CCC(=O)NC3CCN(S(C)(=O)=O)C3)c12. The molecule has 1 amide bonds. The quantitative estimate of drug-likeness (QED) is 0.859. The number of aryl methyl sites for hydroxylation is 2. The maximum Gasteiger partial charge on any atom is 0.220 e. The molecule has 0 aliphatic carbocycles. The van der Waals surface area contributed by atoms with Crippen molar-refractivity contribution in [2.24, 2.45) is 0 Å². The Labute approximate surface area is 142 Å². The van der Waals surface area contributed by atoms with E-state index >= 15 is 0 Å². The van der Waals surface area contributed by atoms with Gasteiger partial charge in [-0.15, -0.1) is 0 Å². The summed E-state index contributed by atoms with van der Waals surface area (Å²) in [5, 5.41) is 4.14. The zero-order chi connectivity index (χ0) is 17.3. The molecule has 1 saturated heterocycles. The highest BCUT2D eigenvalue weighted by atomic mass is 32.2. The van der Waals surface area contributed by atoms with Crippen LogP contribution in [0.2, 0.25) is 0 Å². The number of hydrogen-bond acceptors (Lipinski definition) is 3. The lowest BCUT2D eigenvalue weighted by atomic mass is 10.0. The Kier molecular flexibility index (Phi) is 4.64. The van der Waals surface area contributed by atoms with Gasteiger partial charge in [-0.05, 0) is 37.0 Å². The lowest BCUT2D eigenvalue weighted by Gasteiger charge is -2.14. The number of amides is 1. The molecule has 0 bridgehead atoms. The van der Waals surface area contributed by atoms with Crippen LogP contribution in [0.15, 0.2) is 24.4 Å². The minimum Gasteiger partial charge on any atom is -0.361 e. The third-order valence-electron chi connectivity index (χ3n) is 4.60. The number of hydrogen-bond donors (Lipinski definition) is 2. The van der Waals surface area contributed by atoms with E-state index in [1.54, 1.807) is 0 Å². The zero-order valence-electron chi connectivity index (χ0n) is 14.0. The highest BCUT2D eigenvalue weighted by Crippen LogP contribution is 2.23. The van der Waals surface area contributed by atoms with Crippen LogP contribution in [0.4, 0.5) is 0 Å². The Morgan fingerprint density at radius 3 is 2.92 bits per heavy atom. The van der Waals surface area contributed by atoms with Crippen molar-refractivity contribution in [2.45, 2.75) is 32.2 Å². The number of rotatable bonds is 5. The van der Waals surface area contributed by atoms with Crippen LogP contribution in [0.5, 0.6) is 0 Å². The van der Waals surface area contributed by atoms with Gasteiger partial charge in [0, 0.05) is 42.7 Å². The number of carbonyl (C=O) groups is 1. The van der Waals surface area contributed by atoms with Crippen molar-refractivity contribution in [3.63, 3.8) is 0 Å². The first kappa shape index (κ1) is 17.0. The smallest absolute Gasteiger partial charge is 0.220 e. The van der Waals surface area contributed by atoms with E-state index in [1.807, 2.05) is 18.3 Å². The molecule has 7 heteroatoms. The van der Waals surface area contributed by atoms with E-state index < -0.39 is 10.0 Å². The van der Waals surface area contributed by atoms with Crippen molar-refractivity contribution in [1.82, 2.24) is 14.6 Å². The van der Waals surface area contributed by atoms with Crippen LogP contribution in [0.1, 0.15) is 24.0 Å². The molecule has 24 heavy (non-hydrogen) atoms. The first-order valence-corrected chi connectivity index (χ1v) is 9.99. The first-order chi connectivity index (χ1) is 11.3. The number of sulfonamides is 1. The Morgan fingerprint density at radius 2 is 2.21 bits per heavy atom. The molecule has 6 nitrogen and oxygen atoms in total. The predicted octanol–water partition coefficient (Wildman–Crippen LogP) is 1.56. The van der Waals surface area contributed by atoms with E-state index in [4.69, 9.17) is 0 Å². The van der Waals surface area contributed by atoms with Crippen molar-refractivity contribution in [3.05, 3.63) is 35.5 Å². The molecule has 2 heterocycles. The van der Waals surface area contributed by atoms with Gasteiger partial charge in [-0.1, -0.05) is 12.1 Å². The number of carbonyl (C=O) groups excluding carboxylic acids is 1. The van der Waals surface area contributed by atoms with Crippen molar-refractivity contribution in [1.29, 1.82) is 0 Å². The van der Waals surface area contributed by atoms with Crippen molar-refractivity contribution >= 4 is 26.8 Å². The number of H-pyrrole nitrogens is 1. The van der Waals surface area contributed by atoms with Gasteiger partial charge in [0.05, 0.1) is 6.26 Å². The number of aromatic amines is 1. The Bertz CT molecular complexity index is 857. The predicted molar refractivity (Wildman–Crippen MR) is 94.3 cm³/mol. The maximum absolute atomic E-state index is 12.2. The third kappa shape index (κ3) is 3.62. The van der Waals surface area contributed by atoms with Gasteiger partial charge in [-0.3, -0.25) is 4.79 Å². The van der Waals surface area contributed by atoms with Crippen LogP contribution in [-0.2, 0) is 21.2 Å². The topological polar surface area (TPSA) is 82.3 Å². The first-order valence-electron chi connectivity index (χ1n) is 8.14. The minimum atomic E-state index is -3.17. The van der Waals surface area contributed by atoms with E-state index in [9.17, 15) is 13.2 Å². The van der Waals surface area contributed by atoms with Crippen LogP contribution in [0.25, 0.3) is 10.9 Å². The van der Waals surface area contributed by atoms with Crippen LogP contribution in [-0.4, -0.2) is 49.0 Å². The highest BCUT2D eigenvalue weighted by molar-refractivity contribution is 7.88. The van der Waals surface area contributed by atoms with Gasteiger partial charge < -0.3 is 10.3 Å². The van der Waals surface area contributed by atoms with Crippen LogP contribution >= 0.6 is 0 Å². The second-order valence-electron chi connectivity index (χ2n) is 6.49. The van der Waals surface area contributed by atoms with E-state index in [-0.39, 0.29) is 11.9 Å². The monoisotopic (exact) mass is 349 g/mol. The molecular weight excluding hydrogens is 326 g/mol. The summed E-state index contributed by atoms with van der Waals surface area (Å²) in [5.41, 5.74) is 3.43. The Balaban J connectivity index is 1.56. The van der Waals surface area contributed by atoms with E-state index in [0.29, 0.717) is 32.4 Å². The number of benzene rings is 1. The summed E-state index contributed by atoms with van der Waals surface area (Å²) >= 11 is 0. The summed E-state index contributed by atoms with van der Waals surface area (Å²) < 4.78 is 24.4. The molecule has 1 unspecified atom stereocenters. The average molecular weight is 349 g/mol. The number of fused-ring (bicyclic) bond motifs is 1. The molecule has 2 N–H and O–H groups in total. The lowest BCUT2D eigenvalue weighted by Crippen LogP contribution is -2.38. The second-order valence-corrected chi connectivity index (χ2v) is 8.47. The van der Waals surface area contributed by atoms with E-state index in [2.05, 4.69) is 23.3 Å². The van der Waals surface area contributed by atoms with Gasteiger partial charge in [0.1, 0.15) is 0 Å². The minimum absolute atomic E-state index is 0.0294. The number of aromatic nitrogens is 1. The summed E-state index contributed by atoms with van der Waals surface area (Å²) in [6.45, 7) is 2.92. The molecule has 1 aromatic carbocycles. The van der Waals surface area contributed by atoms with Crippen LogP contribution in [0.3, 0.4) is 0 Å². The fraction of sp³-hybridized carbons (Fsp3) is 0.471. The third-order valence-corrected chi connectivity index (χ3v) is 5.87. The van der Waals surface area contributed by atoms with Gasteiger partial charge in [0.15, 0.2) is 0 Å². The van der Waals surface area contributed by atoms with Gasteiger partial charge in [0.2, 0.25) is 15.9 Å². The molecule has 1 aliphatic heterocycles. The second kappa shape index (κ2) is 6.57. The molecule has 130 valence electrons. The van der Waals surface area contributed by atoms with E-state index in [0.717, 1.165) is 11.1 Å². The summed E-state index contributed by atoms with van der Waals surface area (Å²) in [5.74, 6) is -0.0294. The number of nitrogens with zero attached hydrogens (tertiary/aromatic N) is 1. The molecule has 2 aromatic rings. The molecule has 1 aliphatic rings. The molecule has 1 fully saturated rings. The van der Waals surface area contributed by atoms with Crippen LogP contribution in [0, 0.1) is 6.92 Å². The van der Waals surface area contributed by atoms with E-state index in [1.165, 1.54) is 21.5 Å². The van der Waals surface area contributed by atoms with Crippen molar-refractivity contribution in [2.75, 3.05) is 19.3 Å². The molecule has 0 spiro atoms. The standard InChI is InChI=1S/C17H23N3O3S/c1-12-4-3-5-15-17(12)13(10-18-15)6-7-16(21)19-14-8-9-20(11-14)24(2,22)23/h3-5,10,14,18H,6-9,11H2,1-2H3,(H,19,21). The highest BCUT2D eigenvalue weighted by Gasteiger charge is 2.29. The fourth-order valence-corrected chi connectivity index (χ4v) is 4.23. The summed E-state index contributed by atoms with van der Waals surface area (Å²) in [7, 11) is -3.17. The Hall–Kier alpha value is -1.86. The molecule has 0 saturated carbocycles. The molecule has 1 aromatic heterocycles. The zero-order valence-corrected chi connectivity index (χ0v) is 14.8. The average Bonchev–Trinajstić information content (AvgIpc) is 3.12. The van der Waals surface area contributed by atoms with Crippen LogP contribution < -0.4 is 5.32 Å². The summed E-state index contributed by atoms with van der Waals surface area (Å²) in [6, 6.07) is 6.03. The maximum atomic E-state index is 12.2. The molecule has 0 radical (unpaired) electrons. The normalized spacial score (nSPS) is 19.0. The molecular formula is C17H23N3O3S. The van der Waals surface area contributed by atoms with Crippen molar-refractivity contribution < 1.29 is 13.2 Å². The summed E-state index contributed by atoms with van der Waals surface area (Å²) in [4.78, 5) is 15.4. The summed E-state index contributed by atoms with van der Waals surface area (Å²) in [6.07, 6.45) is 4.91.